The van der Waals surface area contributed by atoms with E-state index in [0.29, 0.717) is 0 Å². The minimum absolute atomic E-state index is 0.874. The Morgan fingerprint density at radius 2 is 2.07 bits per heavy atom. The molecule has 80 valence electrons. The highest BCUT2D eigenvalue weighted by molar-refractivity contribution is 5.21. The number of rotatable bonds is 2. The molecule has 3 heteroatoms. The summed E-state index contributed by atoms with van der Waals surface area (Å²) in [5, 5.41) is 20.5. The van der Waals surface area contributed by atoms with E-state index in [1.54, 1.807) is 0 Å². The van der Waals surface area contributed by atoms with E-state index in [2.05, 4.69) is 0 Å². The summed E-state index contributed by atoms with van der Waals surface area (Å²) >= 11 is 0. The molecule has 0 bridgehead atoms. The van der Waals surface area contributed by atoms with Crippen molar-refractivity contribution in [2.45, 2.75) is 32.1 Å². The van der Waals surface area contributed by atoms with Gasteiger partial charge in [-0.3, -0.25) is 0 Å². The Morgan fingerprint density at radius 1 is 1.47 bits per heavy atom. The smallest absolute Gasteiger partial charge is 0.200 e. The van der Waals surface area contributed by atoms with Gasteiger partial charge in [-0.05, 0) is 20.6 Å². The second-order valence-corrected chi connectivity index (χ2v) is 2.72. The summed E-state index contributed by atoms with van der Waals surface area (Å²) in [6.45, 7) is -11.8. The molecule has 2 atom stereocenters. The van der Waals surface area contributed by atoms with Crippen molar-refractivity contribution in [1.82, 2.24) is 0 Å². The lowest BCUT2D eigenvalue weighted by atomic mass is 10.0. The molecule has 1 aromatic rings. The first-order valence-electron chi connectivity index (χ1n) is 10.8. The molecule has 0 aromatic heterocycles. The Hall–Kier alpha value is -1.37. The number of nitrogens with one attached hydrogen (secondary N) is 1. The summed E-state index contributed by atoms with van der Waals surface area (Å²) in [5.41, 5.74) is -5.03. The van der Waals surface area contributed by atoms with Crippen molar-refractivity contribution in [1.29, 1.82) is 5.26 Å². The molecule has 0 radical (unpaired) electrons. The first-order chi connectivity index (χ1) is 12.8. The van der Waals surface area contributed by atoms with Gasteiger partial charge in [0.2, 0.25) is 6.04 Å². The van der Waals surface area contributed by atoms with Gasteiger partial charge in [0.1, 0.15) is 6.07 Å². The largest absolute Gasteiger partial charge is 0.633 e. The molecule has 0 aliphatic carbocycles. The number of nitriles is 1. The summed E-state index contributed by atoms with van der Waals surface area (Å²) in [7, 11) is 0. The van der Waals surface area contributed by atoms with E-state index < -0.39 is 73.0 Å². The van der Waals surface area contributed by atoms with Crippen molar-refractivity contribution in [3.63, 3.8) is 0 Å². The second kappa shape index (κ2) is 4.43. The van der Waals surface area contributed by atoms with Gasteiger partial charge in [0.15, 0.2) is 0 Å². The van der Waals surface area contributed by atoms with Gasteiger partial charge >= 0.3 is 0 Å². The van der Waals surface area contributed by atoms with Crippen LogP contribution in [0.1, 0.15) is 51.4 Å². The summed E-state index contributed by atoms with van der Waals surface area (Å²) in [4.78, 5) is 0. The normalized spacial score (nSPS) is 31.5. The second-order valence-electron chi connectivity index (χ2n) is 2.72. The van der Waals surface area contributed by atoms with E-state index in [-0.39, 0.29) is 0 Å². The average molecular weight is 218 g/mol. The van der Waals surface area contributed by atoms with Crippen LogP contribution in [-0.2, 0) is 0 Å². The summed E-state index contributed by atoms with van der Waals surface area (Å²) in [6, 6.07) is -6.22. The molecule has 1 aromatic carbocycles. The van der Waals surface area contributed by atoms with Crippen LogP contribution in [0.5, 0.6) is 0 Å². The third-order valence-electron chi connectivity index (χ3n) is 1.57. The van der Waals surface area contributed by atoms with Crippen LogP contribution >= 0.6 is 0 Å². The molecule has 0 saturated carbocycles. The zero-order valence-corrected chi connectivity index (χ0v) is 7.43. The van der Waals surface area contributed by atoms with Crippen molar-refractivity contribution in [3.8, 4) is 6.07 Å². The van der Waals surface area contributed by atoms with Gasteiger partial charge in [-0.25, -0.2) is 0 Å². The molecule has 0 saturated heterocycles. The van der Waals surface area contributed by atoms with Gasteiger partial charge < -0.3 is 10.3 Å². The van der Waals surface area contributed by atoms with Crippen LogP contribution in [0, 0.1) is 16.5 Å². The number of quaternary nitrogens is 1. The first-order valence-corrected chi connectivity index (χ1v) is 3.79. The van der Waals surface area contributed by atoms with Crippen LogP contribution in [0.4, 0.5) is 0 Å². The standard InChI is InChI=1S/C12H16N2O/c1-12(2,3)14(15)11(9-13)10-7-5-4-6-8-10/h4-8,11,14H,1-3H3/i1D3,2D3,3D3,4D,5D,6D,7D,8D. The van der Waals surface area contributed by atoms with Gasteiger partial charge in [-0.2, -0.15) is 5.26 Å². The fourth-order valence-electron chi connectivity index (χ4n) is 0.875. The monoisotopic (exact) mass is 218 g/mol. The summed E-state index contributed by atoms with van der Waals surface area (Å²) in [5.74, 6) is 0. The topological polar surface area (TPSA) is 51.3 Å². The Labute approximate surface area is 110 Å². The van der Waals surface area contributed by atoms with Crippen LogP contribution in [-0.4, -0.2) is 5.54 Å². The van der Waals surface area contributed by atoms with E-state index in [0.717, 1.165) is 0 Å². The summed E-state index contributed by atoms with van der Waals surface area (Å²) < 4.78 is 106. The highest BCUT2D eigenvalue weighted by atomic mass is 16.5. The van der Waals surface area contributed by atoms with E-state index >= 15 is 0 Å². The predicted octanol–water partition coefficient (Wildman–Crippen LogP) is 1.43. The zero-order chi connectivity index (χ0) is 23.3. The Morgan fingerprint density at radius 3 is 2.53 bits per heavy atom. The average Bonchev–Trinajstić information content (AvgIpc) is 2.51. The predicted molar refractivity (Wildman–Crippen MR) is 58.9 cm³/mol. The molecule has 0 fully saturated rings. The van der Waals surface area contributed by atoms with Gasteiger partial charge in [0, 0.05) is 17.9 Å². The number of benzene rings is 1. The molecule has 1 N–H and O–H groups in total. The fraction of sp³-hybridized carbons (Fsp3) is 0.417. The zero-order valence-electron chi connectivity index (χ0n) is 21.4. The molecule has 0 aliphatic heterocycles. The van der Waals surface area contributed by atoms with Crippen LogP contribution in [0.2, 0.25) is 0 Å². The van der Waals surface area contributed by atoms with Crippen molar-refractivity contribution in [2.75, 3.05) is 0 Å². The maximum Gasteiger partial charge on any atom is 0.200 e. The third kappa shape index (κ3) is 2.79. The van der Waals surface area contributed by atoms with Gasteiger partial charge in [0.05, 0.1) is 12.4 Å². The first kappa shape index (κ1) is 2.85. The molecule has 15 heavy (non-hydrogen) atoms. The lowest BCUT2D eigenvalue weighted by Gasteiger charge is -2.38. The van der Waals surface area contributed by atoms with Gasteiger partial charge in [-0.1, -0.05) is 30.2 Å². The maximum atomic E-state index is 13.1. The van der Waals surface area contributed by atoms with E-state index in [9.17, 15) is 10.5 Å². The van der Waals surface area contributed by atoms with Crippen LogP contribution in [0.25, 0.3) is 0 Å². The maximum absolute atomic E-state index is 13.1. The fourth-order valence-corrected chi connectivity index (χ4v) is 0.875. The Balaban J connectivity index is 4.02. The van der Waals surface area contributed by atoms with Crippen LogP contribution < -0.4 is 5.06 Å². The lowest BCUT2D eigenvalue weighted by Crippen LogP contribution is -3.14. The minimum Gasteiger partial charge on any atom is -0.633 e. The Bertz CT molecular complexity index is 768. The quantitative estimate of drug-likeness (QED) is 0.764. The molecule has 0 spiro atoms. The SMILES string of the molecule is [2H]c1c([2H])c([2H])c(C(C#N)[NH+]([O-])C(C([2H])([2H])[2H])(C([2H])([2H])[2H])C([2H])([2H])[2H])c([2H])c1[2H]. The number of nitrogens with zero attached hydrogens (tertiary/aromatic N) is 1. The van der Waals surface area contributed by atoms with Crippen LogP contribution in [0.15, 0.2) is 30.2 Å². The molecule has 2 unspecified atom stereocenters. The molecule has 3 nitrogen and oxygen atoms in total. The number of hydroxylamine groups is 2. The molecule has 0 aliphatic rings. The molecule has 0 amide bonds. The van der Waals surface area contributed by atoms with Crippen molar-refractivity contribution in [3.05, 3.63) is 41.0 Å². The highest BCUT2D eigenvalue weighted by Gasteiger charge is 2.27. The molecule has 1 rings (SSSR count). The molecular formula is C12H16N2O. The minimum atomic E-state index is -4.03. The van der Waals surface area contributed by atoms with E-state index in [4.69, 9.17) is 19.2 Å². The van der Waals surface area contributed by atoms with Crippen molar-refractivity contribution in [2.24, 2.45) is 0 Å². The molecular weight excluding hydrogens is 188 g/mol. The highest BCUT2D eigenvalue weighted by Crippen LogP contribution is 2.10. The lowest BCUT2D eigenvalue weighted by molar-refractivity contribution is -0.921. The number of hydrogen-bond acceptors (Lipinski definition) is 2. The van der Waals surface area contributed by atoms with Crippen LogP contribution in [0.3, 0.4) is 0 Å². The van der Waals surface area contributed by atoms with Gasteiger partial charge in [-0.15, -0.1) is 0 Å². The third-order valence-corrected chi connectivity index (χ3v) is 1.57. The summed E-state index contributed by atoms with van der Waals surface area (Å²) in [6.07, 6.45) is 0. The van der Waals surface area contributed by atoms with E-state index in [1.807, 2.05) is 0 Å². The number of hydrogen-bond donors (Lipinski definition) is 1. The van der Waals surface area contributed by atoms with E-state index in [1.165, 1.54) is 6.07 Å². The Kier molecular flexibility index (Phi) is 0.842. The molecule has 0 heterocycles. The van der Waals surface area contributed by atoms with Crippen molar-refractivity contribution < 1.29 is 24.3 Å². The van der Waals surface area contributed by atoms with Gasteiger partial charge in [0.25, 0.3) is 0 Å². The van der Waals surface area contributed by atoms with Crippen molar-refractivity contribution >= 4 is 0 Å².